The highest BCUT2D eigenvalue weighted by Crippen LogP contribution is 2.42. The minimum absolute atomic E-state index is 0.103. The van der Waals surface area contributed by atoms with Crippen molar-refractivity contribution in [3.05, 3.63) is 29.6 Å². The molecule has 1 aliphatic heterocycles. The third-order valence-corrected chi connectivity index (χ3v) is 3.42. The lowest BCUT2D eigenvalue weighted by Crippen LogP contribution is -2.40. The van der Waals surface area contributed by atoms with E-state index in [0.29, 0.717) is 6.54 Å². The zero-order valence-electron chi connectivity index (χ0n) is 10.1. The van der Waals surface area contributed by atoms with Crippen LogP contribution in [0.1, 0.15) is 26.3 Å². The van der Waals surface area contributed by atoms with Gasteiger partial charge in [-0.1, -0.05) is 19.9 Å². The second-order valence-electron chi connectivity index (χ2n) is 5.23. The Hall–Kier alpha value is -1.09. The minimum Gasteiger partial charge on any atom is -0.366 e. The van der Waals surface area contributed by atoms with E-state index in [1.54, 1.807) is 6.07 Å². The zero-order valence-corrected chi connectivity index (χ0v) is 10.1. The van der Waals surface area contributed by atoms with E-state index in [0.717, 1.165) is 17.8 Å². The first kappa shape index (κ1) is 11.4. The lowest BCUT2D eigenvalue weighted by Gasteiger charge is -2.27. The third-order valence-electron chi connectivity index (χ3n) is 3.42. The Morgan fingerprint density at radius 3 is 2.81 bits per heavy atom. The summed E-state index contributed by atoms with van der Waals surface area (Å²) >= 11 is 0. The van der Waals surface area contributed by atoms with E-state index >= 15 is 0 Å². The normalized spacial score (nSPS) is 19.7. The fraction of sp³-hybridized carbons (Fsp3) is 0.538. The highest BCUT2D eigenvalue weighted by atomic mass is 19.1. The van der Waals surface area contributed by atoms with Gasteiger partial charge in [0.25, 0.3) is 0 Å². The highest BCUT2D eigenvalue weighted by molar-refractivity contribution is 5.63. The zero-order chi connectivity index (χ0) is 11.9. The van der Waals surface area contributed by atoms with Crippen LogP contribution in [-0.4, -0.2) is 19.1 Å². The summed E-state index contributed by atoms with van der Waals surface area (Å²) < 4.78 is 13.9. The molecular formula is C13H19FN2. The topological polar surface area (TPSA) is 29.3 Å². The van der Waals surface area contributed by atoms with Gasteiger partial charge in [-0.2, -0.15) is 0 Å². The van der Waals surface area contributed by atoms with Crippen molar-refractivity contribution >= 4 is 5.69 Å². The molecule has 1 unspecified atom stereocenters. The Bertz CT molecular complexity index is 401. The summed E-state index contributed by atoms with van der Waals surface area (Å²) in [5.41, 5.74) is 7.40. The lowest BCUT2D eigenvalue weighted by atomic mass is 9.86. The predicted molar refractivity (Wildman–Crippen MR) is 65.3 cm³/mol. The largest absolute Gasteiger partial charge is 0.366 e. The number of hydrogen-bond acceptors (Lipinski definition) is 2. The van der Waals surface area contributed by atoms with Crippen LogP contribution in [0, 0.1) is 5.82 Å². The Kier molecular flexibility index (Phi) is 2.66. The highest BCUT2D eigenvalue weighted by Gasteiger charge is 2.38. The standard InChI is InChI=1S/C13H19FN2/c1-9(7-15)16-8-13(2,3)12-10(14)5-4-6-11(12)16/h4-6,9H,7-8,15H2,1-3H3. The van der Waals surface area contributed by atoms with Crippen LogP contribution >= 0.6 is 0 Å². The van der Waals surface area contributed by atoms with Gasteiger partial charge >= 0.3 is 0 Å². The number of halogens is 1. The Labute approximate surface area is 96.2 Å². The monoisotopic (exact) mass is 222 g/mol. The molecule has 0 spiro atoms. The van der Waals surface area contributed by atoms with E-state index in [1.807, 2.05) is 6.07 Å². The molecule has 2 rings (SSSR count). The summed E-state index contributed by atoms with van der Waals surface area (Å²) in [5.74, 6) is -0.103. The fourth-order valence-corrected chi connectivity index (χ4v) is 2.53. The second kappa shape index (κ2) is 3.74. The molecule has 0 fully saturated rings. The van der Waals surface area contributed by atoms with Crippen LogP contribution in [0.2, 0.25) is 0 Å². The molecule has 0 aromatic heterocycles. The van der Waals surface area contributed by atoms with Gasteiger partial charge in [0, 0.05) is 35.8 Å². The fourth-order valence-electron chi connectivity index (χ4n) is 2.53. The summed E-state index contributed by atoms with van der Waals surface area (Å²) in [6.07, 6.45) is 0. The van der Waals surface area contributed by atoms with Crippen LogP contribution in [0.3, 0.4) is 0 Å². The average molecular weight is 222 g/mol. The summed E-state index contributed by atoms with van der Waals surface area (Å²) in [6.45, 7) is 7.67. The summed E-state index contributed by atoms with van der Waals surface area (Å²) in [5, 5.41) is 0. The Balaban J connectivity index is 2.51. The molecule has 3 heteroatoms. The molecule has 1 heterocycles. The summed E-state index contributed by atoms with van der Waals surface area (Å²) in [4.78, 5) is 2.21. The maximum Gasteiger partial charge on any atom is 0.129 e. The summed E-state index contributed by atoms with van der Waals surface area (Å²) in [7, 11) is 0. The van der Waals surface area contributed by atoms with Crippen molar-refractivity contribution in [2.24, 2.45) is 5.73 Å². The van der Waals surface area contributed by atoms with Crippen molar-refractivity contribution < 1.29 is 4.39 Å². The van der Waals surface area contributed by atoms with Crippen molar-refractivity contribution in [3.63, 3.8) is 0 Å². The molecule has 1 aromatic carbocycles. The molecule has 0 radical (unpaired) electrons. The van der Waals surface area contributed by atoms with Crippen molar-refractivity contribution in [1.29, 1.82) is 0 Å². The van der Waals surface area contributed by atoms with Crippen molar-refractivity contribution in [1.82, 2.24) is 0 Å². The first-order valence-corrected chi connectivity index (χ1v) is 5.73. The van der Waals surface area contributed by atoms with Gasteiger partial charge in [0.05, 0.1) is 0 Å². The third kappa shape index (κ3) is 1.59. The number of rotatable bonds is 2. The molecule has 16 heavy (non-hydrogen) atoms. The minimum atomic E-state index is -0.135. The molecular weight excluding hydrogens is 203 g/mol. The maximum atomic E-state index is 13.9. The van der Waals surface area contributed by atoms with Gasteiger partial charge in [-0.15, -0.1) is 0 Å². The Morgan fingerprint density at radius 2 is 2.19 bits per heavy atom. The first-order valence-electron chi connectivity index (χ1n) is 5.73. The van der Waals surface area contributed by atoms with E-state index in [9.17, 15) is 4.39 Å². The number of nitrogens with two attached hydrogens (primary N) is 1. The molecule has 1 aromatic rings. The van der Waals surface area contributed by atoms with Crippen LogP contribution in [0.4, 0.5) is 10.1 Å². The molecule has 0 saturated heterocycles. The summed E-state index contributed by atoms with van der Waals surface area (Å²) in [6, 6.07) is 5.55. The van der Waals surface area contributed by atoms with Gasteiger partial charge in [0.2, 0.25) is 0 Å². The SMILES string of the molecule is CC(CN)N1CC(C)(C)c2c(F)cccc21. The van der Waals surface area contributed by atoms with E-state index < -0.39 is 0 Å². The maximum absolute atomic E-state index is 13.9. The predicted octanol–water partition coefficient (Wildman–Crippen LogP) is 2.27. The molecule has 1 atom stereocenters. The van der Waals surface area contributed by atoms with E-state index in [1.165, 1.54) is 6.07 Å². The van der Waals surface area contributed by atoms with Crippen molar-refractivity contribution in [3.8, 4) is 0 Å². The lowest BCUT2D eigenvalue weighted by molar-refractivity contribution is 0.497. The average Bonchev–Trinajstić information content (AvgIpc) is 2.51. The van der Waals surface area contributed by atoms with Crippen molar-refractivity contribution in [2.45, 2.75) is 32.2 Å². The molecule has 1 aliphatic rings. The van der Waals surface area contributed by atoms with Crippen LogP contribution in [-0.2, 0) is 5.41 Å². The van der Waals surface area contributed by atoms with Crippen LogP contribution in [0.25, 0.3) is 0 Å². The first-order chi connectivity index (χ1) is 7.47. The quantitative estimate of drug-likeness (QED) is 0.831. The molecule has 0 bridgehead atoms. The number of hydrogen-bond donors (Lipinski definition) is 1. The van der Waals surface area contributed by atoms with Crippen LogP contribution < -0.4 is 10.6 Å². The number of nitrogens with zero attached hydrogens (tertiary/aromatic N) is 1. The second-order valence-corrected chi connectivity index (χ2v) is 5.23. The van der Waals surface area contributed by atoms with Gasteiger partial charge in [-0.05, 0) is 19.1 Å². The van der Waals surface area contributed by atoms with E-state index in [4.69, 9.17) is 5.73 Å². The number of fused-ring (bicyclic) bond motifs is 1. The van der Waals surface area contributed by atoms with Gasteiger partial charge in [0.1, 0.15) is 5.82 Å². The van der Waals surface area contributed by atoms with E-state index in [-0.39, 0.29) is 17.3 Å². The van der Waals surface area contributed by atoms with Crippen LogP contribution in [0.15, 0.2) is 18.2 Å². The van der Waals surface area contributed by atoms with Gasteiger partial charge < -0.3 is 10.6 Å². The van der Waals surface area contributed by atoms with Gasteiger partial charge in [0.15, 0.2) is 0 Å². The number of benzene rings is 1. The van der Waals surface area contributed by atoms with Gasteiger partial charge in [-0.25, -0.2) is 4.39 Å². The molecule has 2 N–H and O–H groups in total. The van der Waals surface area contributed by atoms with Gasteiger partial charge in [-0.3, -0.25) is 0 Å². The van der Waals surface area contributed by atoms with E-state index in [2.05, 4.69) is 25.7 Å². The molecule has 0 saturated carbocycles. The molecule has 88 valence electrons. The van der Waals surface area contributed by atoms with Crippen molar-refractivity contribution in [2.75, 3.05) is 18.0 Å². The molecule has 2 nitrogen and oxygen atoms in total. The smallest absolute Gasteiger partial charge is 0.129 e. The van der Waals surface area contributed by atoms with Crippen LogP contribution in [0.5, 0.6) is 0 Å². The molecule has 0 amide bonds. The molecule has 0 aliphatic carbocycles. The Morgan fingerprint density at radius 1 is 1.50 bits per heavy atom. The number of anilines is 1.